The fourth-order valence-corrected chi connectivity index (χ4v) is 2.78. The zero-order valence-corrected chi connectivity index (χ0v) is 13.0. The van der Waals surface area contributed by atoms with Crippen molar-refractivity contribution in [2.45, 2.75) is 38.0 Å². The first kappa shape index (κ1) is 17.0. The lowest BCUT2D eigenvalue weighted by Gasteiger charge is -2.21. The average Bonchev–Trinajstić information content (AvgIpc) is 2.58. The number of amides is 2. The second kappa shape index (κ2) is 8.31. The molecule has 6 heteroatoms. The van der Waals surface area contributed by atoms with E-state index >= 15 is 0 Å². The largest absolute Gasteiger partial charge is 0.452 e. The predicted octanol–water partition coefficient (Wildman–Crippen LogP) is 1.49. The number of primary amides is 1. The van der Waals surface area contributed by atoms with Crippen molar-refractivity contribution in [3.8, 4) is 0 Å². The summed E-state index contributed by atoms with van der Waals surface area (Å²) in [7, 11) is 0. The van der Waals surface area contributed by atoms with Gasteiger partial charge in [0.2, 0.25) is 5.91 Å². The van der Waals surface area contributed by atoms with Crippen LogP contribution in [0.15, 0.2) is 24.3 Å². The van der Waals surface area contributed by atoms with Crippen molar-refractivity contribution in [1.82, 2.24) is 5.32 Å². The molecule has 23 heavy (non-hydrogen) atoms. The van der Waals surface area contributed by atoms with Gasteiger partial charge in [-0.25, -0.2) is 4.79 Å². The van der Waals surface area contributed by atoms with Crippen LogP contribution in [0.5, 0.6) is 0 Å². The number of esters is 1. The fraction of sp³-hybridized carbons (Fsp3) is 0.471. The fourth-order valence-electron chi connectivity index (χ4n) is 2.78. The lowest BCUT2D eigenvalue weighted by molar-refractivity contribution is -0.127. The molecule has 0 aromatic heterocycles. The summed E-state index contributed by atoms with van der Waals surface area (Å²) in [5.41, 5.74) is 6.56. The molecule has 0 aliphatic heterocycles. The van der Waals surface area contributed by atoms with E-state index in [2.05, 4.69) is 5.32 Å². The highest BCUT2D eigenvalue weighted by Gasteiger charge is 2.16. The minimum atomic E-state index is -0.650. The van der Waals surface area contributed by atoms with Crippen LogP contribution in [0.2, 0.25) is 0 Å². The quantitative estimate of drug-likeness (QED) is 0.776. The highest BCUT2D eigenvalue weighted by molar-refractivity contribution is 5.91. The van der Waals surface area contributed by atoms with Crippen LogP contribution in [0.1, 0.15) is 53.9 Å². The van der Waals surface area contributed by atoms with Gasteiger partial charge in [0.25, 0.3) is 5.91 Å². The van der Waals surface area contributed by atoms with Crippen molar-refractivity contribution in [3.05, 3.63) is 35.4 Å². The van der Waals surface area contributed by atoms with E-state index < -0.39 is 24.4 Å². The molecule has 0 heterocycles. The van der Waals surface area contributed by atoms with E-state index in [4.69, 9.17) is 10.5 Å². The molecule has 0 unspecified atom stereocenters. The maximum Gasteiger partial charge on any atom is 0.338 e. The molecule has 0 radical (unpaired) electrons. The van der Waals surface area contributed by atoms with Gasteiger partial charge < -0.3 is 15.8 Å². The molecule has 1 saturated carbocycles. The number of ether oxygens (including phenoxy) is 1. The van der Waals surface area contributed by atoms with Gasteiger partial charge in [-0.1, -0.05) is 31.4 Å². The summed E-state index contributed by atoms with van der Waals surface area (Å²) in [5, 5.41) is 2.25. The first-order valence-corrected chi connectivity index (χ1v) is 7.88. The maximum absolute atomic E-state index is 11.9. The van der Waals surface area contributed by atoms with Crippen LogP contribution in [0.25, 0.3) is 0 Å². The molecule has 0 saturated heterocycles. The predicted molar refractivity (Wildman–Crippen MR) is 84.8 cm³/mol. The van der Waals surface area contributed by atoms with E-state index in [0.717, 1.165) is 0 Å². The number of carbonyl (C=O) groups excluding carboxylic acids is 3. The Bertz CT molecular complexity index is 562. The molecule has 0 bridgehead atoms. The Balaban J connectivity index is 1.82. The summed E-state index contributed by atoms with van der Waals surface area (Å²) in [6.45, 7) is -0.705. The first-order chi connectivity index (χ1) is 11.1. The molecule has 0 spiro atoms. The van der Waals surface area contributed by atoms with Crippen molar-refractivity contribution >= 4 is 17.8 Å². The number of nitrogens with two attached hydrogens (primary N) is 1. The van der Waals surface area contributed by atoms with Crippen LogP contribution in [0.3, 0.4) is 0 Å². The number of rotatable bonds is 6. The minimum absolute atomic E-state index is 0.271. The Morgan fingerprint density at radius 2 is 1.74 bits per heavy atom. The Morgan fingerprint density at radius 1 is 1.09 bits per heavy atom. The van der Waals surface area contributed by atoms with E-state index in [9.17, 15) is 14.4 Å². The third-order valence-electron chi connectivity index (χ3n) is 4.02. The number of nitrogens with one attached hydrogen (secondary N) is 1. The Hall–Kier alpha value is -2.37. The van der Waals surface area contributed by atoms with Crippen LogP contribution < -0.4 is 11.1 Å². The van der Waals surface area contributed by atoms with Gasteiger partial charge in [0.1, 0.15) is 0 Å². The Kier molecular flexibility index (Phi) is 6.14. The van der Waals surface area contributed by atoms with Gasteiger partial charge in [0.05, 0.1) is 12.1 Å². The average molecular weight is 318 g/mol. The highest BCUT2D eigenvalue weighted by atomic mass is 16.5. The summed E-state index contributed by atoms with van der Waals surface area (Å²) in [6, 6.07) is 7.38. The SMILES string of the molecule is NC(=O)CNC(=O)COC(=O)c1ccc(C2CCCCC2)cc1. The van der Waals surface area contributed by atoms with Crippen molar-refractivity contribution < 1.29 is 19.1 Å². The molecule has 2 rings (SSSR count). The number of benzene rings is 1. The van der Waals surface area contributed by atoms with Crippen molar-refractivity contribution in [1.29, 1.82) is 0 Å². The summed E-state index contributed by atoms with van der Waals surface area (Å²) >= 11 is 0. The van der Waals surface area contributed by atoms with Gasteiger partial charge in [0.15, 0.2) is 6.61 Å². The van der Waals surface area contributed by atoms with Gasteiger partial charge in [-0.2, -0.15) is 0 Å². The minimum Gasteiger partial charge on any atom is -0.452 e. The molecular weight excluding hydrogens is 296 g/mol. The van der Waals surface area contributed by atoms with Crippen LogP contribution >= 0.6 is 0 Å². The van der Waals surface area contributed by atoms with Crippen molar-refractivity contribution in [2.24, 2.45) is 5.73 Å². The third kappa shape index (κ3) is 5.39. The number of hydrogen-bond donors (Lipinski definition) is 2. The van der Waals surface area contributed by atoms with Gasteiger partial charge >= 0.3 is 5.97 Å². The second-order valence-corrected chi connectivity index (χ2v) is 5.78. The lowest BCUT2D eigenvalue weighted by Crippen LogP contribution is -2.35. The van der Waals surface area contributed by atoms with E-state index in [1.54, 1.807) is 12.1 Å². The molecule has 1 aromatic carbocycles. The van der Waals surface area contributed by atoms with Gasteiger partial charge in [-0.3, -0.25) is 9.59 Å². The molecule has 124 valence electrons. The molecule has 3 N–H and O–H groups in total. The van der Waals surface area contributed by atoms with Crippen LogP contribution in [0.4, 0.5) is 0 Å². The standard InChI is InChI=1S/C17H22N2O4/c18-15(20)10-19-16(21)11-23-17(22)14-8-6-13(7-9-14)12-4-2-1-3-5-12/h6-9,12H,1-5,10-11H2,(H2,18,20)(H,19,21). The molecule has 1 aromatic rings. The zero-order chi connectivity index (χ0) is 16.7. The smallest absolute Gasteiger partial charge is 0.338 e. The normalized spacial score (nSPS) is 15.0. The molecule has 1 aliphatic rings. The topological polar surface area (TPSA) is 98.5 Å². The summed E-state index contributed by atoms with van der Waals surface area (Å²) in [5.74, 6) is -1.19. The third-order valence-corrected chi connectivity index (χ3v) is 4.02. The lowest BCUT2D eigenvalue weighted by atomic mass is 9.84. The van der Waals surface area contributed by atoms with Crippen LogP contribution in [-0.4, -0.2) is 30.9 Å². The highest BCUT2D eigenvalue weighted by Crippen LogP contribution is 2.32. The molecule has 0 atom stereocenters. The Morgan fingerprint density at radius 3 is 2.35 bits per heavy atom. The van der Waals surface area contributed by atoms with E-state index in [1.807, 2.05) is 12.1 Å². The van der Waals surface area contributed by atoms with Crippen LogP contribution in [0, 0.1) is 0 Å². The van der Waals surface area contributed by atoms with Crippen molar-refractivity contribution in [3.63, 3.8) is 0 Å². The summed E-state index contributed by atoms with van der Waals surface area (Å²) < 4.78 is 4.90. The molecule has 2 amide bonds. The first-order valence-electron chi connectivity index (χ1n) is 7.88. The maximum atomic E-state index is 11.9. The van der Waals surface area contributed by atoms with Gasteiger partial charge in [0, 0.05) is 0 Å². The van der Waals surface area contributed by atoms with E-state index in [0.29, 0.717) is 11.5 Å². The van der Waals surface area contributed by atoms with E-state index in [1.165, 1.54) is 37.7 Å². The summed E-state index contributed by atoms with van der Waals surface area (Å²) in [6.07, 6.45) is 6.22. The molecule has 6 nitrogen and oxygen atoms in total. The Labute approximate surface area is 135 Å². The second-order valence-electron chi connectivity index (χ2n) is 5.78. The number of hydrogen-bond acceptors (Lipinski definition) is 4. The van der Waals surface area contributed by atoms with Gasteiger partial charge in [-0.15, -0.1) is 0 Å². The summed E-state index contributed by atoms with van der Waals surface area (Å²) in [4.78, 5) is 33.8. The molecule has 1 aliphatic carbocycles. The molecular formula is C17H22N2O4. The number of carbonyl (C=O) groups is 3. The molecule has 1 fully saturated rings. The van der Waals surface area contributed by atoms with Crippen LogP contribution in [-0.2, 0) is 14.3 Å². The van der Waals surface area contributed by atoms with E-state index in [-0.39, 0.29) is 6.54 Å². The van der Waals surface area contributed by atoms with Gasteiger partial charge in [-0.05, 0) is 36.5 Å². The zero-order valence-electron chi connectivity index (χ0n) is 13.0. The monoisotopic (exact) mass is 318 g/mol. The van der Waals surface area contributed by atoms with Crippen molar-refractivity contribution in [2.75, 3.05) is 13.2 Å².